The SMILES string of the molecule is Cc1noc(NS(=O)(=O)c2ccc(NC(=O)C3CCN(CCC#N)CC3)cc2)c1C. The van der Waals surface area contributed by atoms with E-state index in [1.807, 2.05) is 0 Å². The van der Waals surface area contributed by atoms with E-state index in [4.69, 9.17) is 9.78 Å². The summed E-state index contributed by atoms with van der Waals surface area (Å²) in [6.45, 7) is 5.77. The molecule has 2 heterocycles. The van der Waals surface area contributed by atoms with Crippen LogP contribution in [0.1, 0.15) is 30.5 Å². The number of nitriles is 1. The molecule has 0 atom stereocenters. The van der Waals surface area contributed by atoms with Gasteiger partial charge in [0, 0.05) is 30.1 Å². The smallest absolute Gasteiger partial charge is 0.264 e. The number of nitrogens with one attached hydrogen (secondary N) is 2. The minimum Gasteiger partial charge on any atom is -0.337 e. The molecule has 3 rings (SSSR count). The average molecular weight is 432 g/mol. The standard InChI is InChI=1S/C20H25N5O4S/c1-14-15(2)23-29-20(14)24-30(27,28)18-6-4-17(5-7-18)22-19(26)16-8-12-25(13-9-16)11-3-10-21/h4-7,16,24H,3,8-9,11-13H2,1-2H3,(H,22,26). The van der Waals surface area contributed by atoms with Crippen LogP contribution in [0.15, 0.2) is 33.7 Å². The third-order valence-electron chi connectivity index (χ3n) is 5.31. The van der Waals surface area contributed by atoms with Crippen molar-refractivity contribution in [1.29, 1.82) is 5.26 Å². The Balaban J connectivity index is 1.57. The molecule has 2 aromatic rings. The summed E-state index contributed by atoms with van der Waals surface area (Å²) >= 11 is 0. The lowest BCUT2D eigenvalue weighted by Gasteiger charge is -2.30. The van der Waals surface area contributed by atoms with Gasteiger partial charge in [0.1, 0.15) is 0 Å². The summed E-state index contributed by atoms with van der Waals surface area (Å²) in [7, 11) is -3.83. The van der Waals surface area contributed by atoms with Crippen LogP contribution >= 0.6 is 0 Å². The molecular formula is C20H25N5O4S. The first-order valence-electron chi connectivity index (χ1n) is 9.76. The first-order chi connectivity index (χ1) is 14.3. The minimum atomic E-state index is -3.83. The summed E-state index contributed by atoms with van der Waals surface area (Å²) in [4.78, 5) is 14.8. The molecule has 1 aliphatic heterocycles. The highest BCUT2D eigenvalue weighted by Crippen LogP contribution is 2.23. The highest BCUT2D eigenvalue weighted by molar-refractivity contribution is 7.92. The topological polar surface area (TPSA) is 128 Å². The van der Waals surface area contributed by atoms with Crippen LogP contribution in [-0.4, -0.2) is 44.0 Å². The molecule has 0 spiro atoms. The molecule has 9 nitrogen and oxygen atoms in total. The largest absolute Gasteiger partial charge is 0.337 e. The molecule has 2 N–H and O–H groups in total. The summed E-state index contributed by atoms with van der Waals surface area (Å²) in [6.07, 6.45) is 1.98. The fourth-order valence-corrected chi connectivity index (χ4v) is 4.33. The molecule has 0 aliphatic carbocycles. The quantitative estimate of drug-likeness (QED) is 0.689. The van der Waals surface area contributed by atoms with Crippen molar-refractivity contribution in [1.82, 2.24) is 10.1 Å². The summed E-state index contributed by atoms with van der Waals surface area (Å²) in [5.74, 6) is -0.0755. The van der Waals surface area contributed by atoms with Crippen molar-refractivity contribution in [3.8, 4) is 6.07 Å². The van der Waals surface area contributed by atoms with Crippen molar-refractivity contribution in [3.05, 3.63) is 35.5 Å². The molecule has 1 fully saturated rings. The van der Waals surface area contributed by atoms with Gasteiger partial charge in [-0.05, 0) is 64.0 Å². The fraction of sp³-hybridized carbons (Fsp3) is 0.450. The zero-order valence-electron chi connectivity index (χ0n) is 17.0. The van der Waals surface area contributed by atoms with Crippen LogP contribution in [0.2, 0.25) is 0 Å². The Hall–Kier alpha value is -2.90. The van der Waals surface area contributed by atoms with Gasteiger partial charge in [-0.25, -0.2) is 13.1 Å². The van der Waals surface area contributed by atoms with Crippen molar-refractivity contribution in [3.63, 3.8) is 0 Å². The van der Waals surface area contributed by atoms with E-state index in [-0.39, 0.29) is 22.6 Å². The number of aromatic nitrogens is 1. The van der Waals surface area contributed by atoms with Crippen molar-refractivity contribution >= 4 is 27.5 Å². The summed E-state index contributed by atoms with van der Waals surface area (Å²) < 4.78 is 32.5. The minimum absolute atomic E-state index is 0.0553. The number of hydrogen-bond acceptors (Lipinski definition) is 7. The van der Waals surface area contributed by atoms with Crippen LogP contribution in [0.5, 0.6) is 0 Å². The number of benzene rings is 1. The Bertz CT molecular complexity index is 1030. The van der Waals surface area contributed by atoms with Crippen molar-refractivity contribution in [2.45, 2.75) is 38.0 Å². The second kappa shape index (κ2) is 9.28. The van der Waals surface area contributed by atoms with Crippen LogP contribution < -0.4 is 10.0 Å². The number of carbonyl (C=O) groups excluding carboxylic acids is 1. The first-order valence-corrected chi connectivity index (χ1v) is 11.2. The molecular weight excluding hydrogens is 406 g/mol. The second-order valence-corrected chi connectivity index (χ2v) is 9.05. The number of amides is 1. The molecule has 0 saturated carbocycles. The Morgan fingerprint density at radius 3 is 2.50 bits per heavy atom. The molecule has 0 radical (unpaired) electrons. The van der Waals surface area contributed by atoms with Gasteiger partial charge in [-0.1, -0.05) is 5.16 Å². The van der Waals surface area contributed by atoms with Crippen LogP contribution in [0, 0.1) is 31.1 Å². The van der Waals surface area contributed by atoms with Crippen molar-refractivity contribution < 1.29 is 17.7 Å². The predicted octanol–water partition coefficient (Wildman–Crippen LogP) is 2.66. The number of hydrogen-bond donors (Lipinski definition) is 2. The zero-order chi connectivity index (χ0) is 21.7. The van der Waals surface area contributed by atoms with Gasteiger partial charge < -0.3 is 14.7 Å². The lowest BCUT2D eigenvalue weighted by Crippen LogP contribution is -2.38. The van der Waals surface area contributed by atoms with E-state index in [1.165, 1.54) is 12.1 Å². The van der Waals surface area contributed by atoms with Gasteiger partial charge in [0.05, 0.1) is 16.7 Å². The van der Waals surface area contributed by atoms with Gasteiger partial charge >= 0.3 is 0 Å². The molecule has 1 saturated heterocycles. The Morgan fingerprint density at radius 1 is 1.27 bits per heavy atom. The number of rotatable bonds is 7. The van der Waals surface area contributed by atoms with E-state index in [0.29, 0.717) is 23.4 Å². The normalized spacial score (nSPS) is 15.5. The molecule has 30 heavy (non-hydrogen) atoms. The lowest BCUT2D eigenvalue weighted by molar-refractivity contribution is -0.121. The van der Waals surface area contributed by atoms with Gasteiger partial charge in [0.25, 0.3) is 10.0 Å². The van der Waals surface area contributed by atoms with Gasteiger partial charge in [0.15, 0.2) is 0 Å². The zero-order valence-corrected chi connectivity index (χ0v) is 17.8. The maximum Gasteiger partial charge on any atom is 0.264 e. The van der Waals surface area contributed by atoms with E-state index < -0.39 is 10.0 Å². The van der Waals surface area contributed by atoms with Gasteiger partial charge in [-0.2, -0.15) is 5.26 Å². The monoisotopic (exact) mass is 431 g/mol. The van der Waals surface area contributed by atoms with Crippen LogP contribution in [0.3, 0.4) is 0 Å². The average Bonchev–Trinajstić information content (AvgIpc) is 3.04. The maximum atomic E-state index is 12.5. The third-order valence-corrected chi connectivity index (χ3v) is 6.66. The molecule has 160 valence electrons. The van der Waals surface area contributed by atoms with Gasteiger partial charge in [0.2, 0.25) is 11.8 Å². The number of piperidine rings is 1. The number of nitrogens with zero attached hydrogens (tertiary/aromatic N) is 3. The molecule has 0 unspecified atom stereocenters. The third kappa shape index (κ3) is 5.17. The number of anilines is 2. The van der Waals surface area contributed by atoms with Crippen LogP contribution in [0.4, 0.5) is 11.6 Å². The van der Waals surface area contributed by atoms with E-state index >= 15 is 0 Å². The van der Waals surface area contributed by atoms with Crippen molar-refractivity contribution in [2.75, 3.05) is 29.7 Å². The lowest BCUT2D eigenvalue weighted by atomic mass is 9.95. The summed E-state index contributed by atoms with van der Waals surface area (Å²) in [5, 5.41) is 15.3. The van der Waals surface area contributed by atoms with E-state index in [9.17, 15) is 13.2 Å². The van der Waals surface area contributed by atoms with Gasteiger partial charge in [-0.3, -0.25) is 4.79 Å². The Labute approximate surface area is 176 Å². The molecule has 1 aliphatic rings. The van der Waals surface area contributed by atoms with Crippen LogP contribution in [0.25, 0.3) is 0 Å². The number of carbonyl (C=O) groups is 1. The van der Waals surface area contributed by atoms with Crippen molar-refractivity contribution in [2.24, 2.45) is 5.92 Å². The summed E-state index contributed by atoms with van der Waals surface area (Å²) in [5.41, 5.74) is 1.78. The van der Waals surface area contributed by atoms with E-state index in [0.717, 1.165) is 32.5 Å². The maximum absolute atomic E-state index is 12.5. The fourth-order valence-electron chi connectivity index (χ4n) is 3.28. The highest BCUT2D eigenvalue weighted by Gasteiger charge is 2.25. The number of aryl methyl sites for hydroxylation is 1. The van der Waals surface area contributed by atoms with E-state index in [2.05, 4.69) is 26.2 Å². The predicted molar refractivity (Wildman–Crippen MR) is 111 cm³/mol. The number of sulfonamides is 1. The Kier molecular flexibility index (Phi) is 6.74. The van der Waals surface area contributed by atoms with Gasteiger partial charge in [-0.15, -0.1) is 0 Å². The number of likely N-dealkylation sites (tertiary alicyclic amines) is 1. The molecule has 10 heteroatoms. The second-order valence-electron chi connectivity index (χ2n) is 7.37. The molecule has 0 bridgehead atoms. The Morgan fingerprint density at radius 2 is 1.93 bits per heavy atom. The molecule has 1 aromatic heterocycles. The first kappa shape index (κ1) is 21.8. The molecule has 1 amide bonds. The highest BCUT2D eigenvalue weighted by atomic mass is 32.2. The summed E-state index contributed by atoms with van der Waals surface area (Å²) in [6, 6.07) is 8.13. The molecule has 1 aromatic carbocycles. The van der Waals surface area contributed by atoms with E-state index in [1.54, 1.807) is 26.0 Å². The van der Waals surface area contributed by atoms with Crippen LogP contribution in [-0.2, 0) is 14.8 Å².